The Balaban J connectivity index is 1.51. The molecule has 0 heterocycles. The summed E-state index contributed by atoms with van der Waals surface area (Å²) >= 11 is 0. The van der Waals surface area contributed by atoms with E-state index in [9.17, 15) is 0 Å². The van der Waals surface area contributed by atoms with Crippen molar-refractivity contribution in [1.29, 1.82) is 0 Å². The fourth-order valence-corrected chi connectivity index (χ4v) is 9.60. The molecule has 0 radical (unpaired) electrons. The molecule has 0 aromatic heterocycles. The maximum atomic E-state index is 3.99. The molecule has 27 heavy (non-hydrogen) atoms. The summed E-state index contributed by atoms with van der Waals surface area (Å²) in [6, 6.07) is 0. The van der Waals surface area contributed by atoms with Gasteiger partial charge in [0.2, 0.25) is 0 Å². The minimum atomic E-state index is -1.29. The number of hydrogen-bond donors (Lipinski definition) is 0. The van der Waals surface area contributed by atoms with Crippen molar-refractivity contribution in [2.24, 2.45) is 52.3 Å². The van der Waals surface area contributed by atoms with Gasteiger partial charge in [-0.05, 0) is 73.5 Å². The molecule has 0 aromatic carbocycles. The van der Waals surface area contributed by atoms with Gasteiger partial charge in [0.05, 0.1) is 0 Å². The SMILES string of the molecule is CC1C2C3CC4(C#C[Si](C)(C)C)CC5C3CC1(C#C[Si](C)(C)C)CC5C2C4. The fraction of sp³-hybridized carbons (Fsp3) is 0.840. The second-order valence-electron chi connectivity index (χ2n) is 13.1. The molecule has 0 saturated heterocycles. The van der Waals surface area contributed by atoms with Crippen LogP contribution in [0.5, 0.6) is 0 Å². The highest BCUT2D eigenvalue weighted by molar-refractivity contribution is 6.84. The van der Waals surface area contributed by atoms with Crippen LogP contribution in [-0.2, 0) is 0 Å². The Morgan fingerprint density at radius 2 is 1.07 bits per heavy atom. The predicted octanol–water partition coefficient (Wildman–Crippen LogP) is 6.07. The van der Waals surface area contributed by atoms with E-state index in [-0.39, 0.29) is 0 Å². The Morgan fingerprint density at radius 1 is 0.630 bits per heavy atom. The van der Waals surface area contributed by atoms with Crippen LogP contribution in [0.1, 0.15) is 39.0 Å². The van der Waals surface area contributed by atoms with Gasteiger partial charge in [0.1, 0.15) is 16.1 Å². The van der Waals surface area contributed by atoms with E-state index in [0.29, 0.717) is 10.8 Å². The summed E-state index contributed by atoms with van der Waals surface area (Å²) < 4.78 is 0. The van der Waals surface area contributed by atoms with Gasteiger partial charge in [0, 0.05) is 10.8 Å². The molecule has 0 aliphatic heterocycles. The van der Waals surface area contributed by atoms with E-state index in [1.165, 1.54) is 32.1 Å². The molecule has 0 N–H and O–H groups in total. The van der Waals surface area contributed by atoms with Crippen LogP contribution < -0.4 is 0 Å². The van der Waals surface area contributed by atoms with Crippen LogP contribution in [0.4, 0.5) is 0 Å². The van der Waals surface area contributed by atoms with Gasteiger partial charge in [-0.25, -0.2) is 0 Å². The summed E-state index contributed by atoms with van der Waals surface area (Å²) in [6.07, 6.45) is 7.16. The third-order valence-corrected chi connectivity index (χ3v) is 10.9. The van der Waals surface area contributed by atoms with E-state index in [1.54, 1.807) is 0 Å². The zero-order chi connectivity index (χ0) is 19.4. The lowest BCUT2D eigenvalue weighted by Crippen LogP contribution is -2.70. The van der Waals surface area contributed by atoms with Gasteiger partial charge in [-0.1, -0.05) is 46.2 Å². The van der Waals surface area contributed by atoms with Crippen molar-refractivity contribution in [3.8, 4) is 22.9 Å². The van der Waals surface area contributed by atoms with Crippen LogP contribution in [-0.4, -0.2) is 16.1 Å². The molecule has 2 heteroatoms. The Bertz CT molecular complexity index is 763. The number of rotatable bonds is 0. The summed E-state index contributed by atoms with van der Waals surface area (Å²) in [6.45, 7) is 17.1. The van der Waals surface area contributed by atoms with E-state index in [2.05, 4.69) is 69.1 Å². The molecule has 7 aliphatic carbocycles. The molecule has 5 unspecified atom stereocenters. The van der Waals surface area contributed by atoms with Crippen molar-refractivity contribution in [3.63, 3.8) is 0 Å². The predicted molar refractivity (Wildman–Crippen MR) is 120 cm³/mol. The first kappa shape index (κ1) is 18.6. The molecule has 5 atom stereocenters. The van der Waals surface area contributed by atoms with E-state index >= 15 is 0 Å². The van der Waals surface area contributed by atoms with Gasteiger partial charge >= 0.3 is 0 Å². The standard InChI is InChI=1S/C25H38Si2/c1-17-23-21-13-24(8-10-26(2,3)4)12-18-19(21)15-25(17,9-11-27(5,6)7)16-20(18)22(23)14-24/h17-23H,12-16H2,1-7H3. The largest absolute Gasteiger partial charge is 0.131 e. The van der Waals surface area contributed by atoms with Crippen molar-refractivity contribution in [2.45, 2.75) is 78.3 Å². The van der Waals surface area contributed by atoms with Gasteiger partial charge in [-0.2, -0.15) is 0 Å². The van der Waals surface area contributed by atoms with Crippen LogP contribution in [0.3, 0.4) is 0 Å². The third-order valence-electron chi connectivity index (χ3n) is 9.11. The Kier molecular flexibility index (Phi) is 3.70. The fourth-order valence-electron chi connectivity index (χ4n) is 8.33. The van der Waals surface area contributed by atoms with E-state index < -0.39 is 16.1 Å². The Labute approximate surface area is 169 Å². The molecule has 7 aliphatic rings. The molecule has 7 fully saturated rings. The molecule has 146 valence electrons. The molecule has 8 bridgehead atoms. The van der Waals surface area contributed by atoms with Crippen LogP contribution in [0.25, 0.3) is 0 Å². The van der Waals surface area contributed by atoms with Crippen LogP contribution >= 0.6 is 0 Å². The maximum Gasteiger partial charge on any atom is 0.129 e. The topological polar surface area (TPSA) is 0 Å². The second-order valence-corrected chi connectivity index (χ2v) is 22.6. The first-order valence-corrected chi connectivity index (χ1v) is 18.5. The molecular weight excluding hydrogens is 356 g/mol. The molecule has 7 rings (SSSR count). The summed E-state index contributed by atoms with van der Waals surface area (Å²) in [5.74, 6) is 14.7. The summed E-state index contributed by atoms with van der Waals surface area (Å²) in [5, 5.41) is 0. The maximum absolute atomic E-state index is 3.99. The Hall–Kier alpha value is -0.446. The smallest absolute Gasteiger partial charge is 0.129 e. The number of hydrogen-bond acceptors (Lipinski definition) is 0. The normalized spacial score (nSPS) is 51.6. The first-order valence-electron chi connectivity index (χ1n) is 11.5. The molecule has 0 aromatic rings. The van der Waals surface area contributed by atoms with E-state index in [0.717, 1.165) is 41.4 Å². The summed E-state index contributed by atoms with van der Waals surface area (Å²) in [5.41, 5.74) is 8.40. The molecule has 7 saturated carbocycles. The minimum absolute atomic E-state index is 0.380. The van der Waals surface area contributed by atoms with Crippen LogP contribution in [0.15, 0.2) is 0 Å². The average Bonchev–Trinajstić information content (AvgIpc) is 2.55. The van der Waals surface area contributed by atoms with Crippen molar-refractivity contribution < 1.29 is 0 Å². The van der Waals surface area contributed by atoms with Gasteiger partial charge in [-0.15, -0.1) is 22.9 Å². The van der Waals surface area contributed by atoms with Crippen LogP contribution in [0.2, 0.25) is 39.3 Å². The highest BCUT2D eigenvalue weighted by Gasteiger charge is 2.72. The van der Waals surface area contributed by atoms with Crippen molar-refractivity contribution >= 4 is 16.1 Å². The van der Waals surface area contributed by atoms with Crippen molar-refractivity contribution in [2.75, 3.05) is 0 Å². The Morgan fingerprint density at radius 3 is 1.59 bits per heavy atom. The molecule has 0 amide bonds. The van der Waals surface area contributed by atoms with Crippen LogP contribution in [0, 0.1) is 75.2 Å². The lowest BCUT2D eigenvalue weighted by Gasteiger charge is -2.75. The van der Waals surface area contributed by atoms with E-state index in [1.807, 2.05) is 0 Å². The lowest BCUT2D eigenvalue weighted by molar-refractivity contribution is -0.257. The lowest BCUT2D eigenvalue weighted by atomic mass is 9.29. The van der Waals surface area contributed by atoms with Gasteiger partial charge in [0.15, 0.2) is 0 Å². The van der Waals surface area contributed by atoms with Gasteiger partial charge in [0.25, 0.3) is 0 Å². The monoisotopic (exact) mass is 394 g/mol. The van der Waals surface area contributed by atoms with Gasteiger partial charge < -0.3 is 0 Å². The average molecular weight is 395 g/mol. The minimum Gasteiger partial charge on any atom is -0.131 e. The highest BCUT2D eigenvalue weighted by atomic mass is 28.3. The van der Waals surface area contributed by atoms with Crippen molar-refractivity contribution in [1.82, 2.24) is 0 Å². The summed E-state index contributed by atoms with van der Waals surface area (Å²) in [7, 11) is -2.57. The zero-order valence-corrected chi connectivity index (χ0v) is 20.6. The summed E-state index contributed by atoms with van der Waals surface area (Å²) in [4.78, 5) is 0. The third kappa shape index (κ3) is 2.69. The van der Waals surface area contributed by atoms with E-state index in [4.69, 9.17) is 0 Å². The highest BCUT2D eigenvalue weighted by Crippen LogP contribution is 2.77. The first-order chi connectivity index (χ1) is 12.4. The molecule has 0 nitrogen and oxygen atoms in total. The van der Waals surface area contributed by atoms with Crippen molar-refractivity contribution in [3.05, 3.63) is 0 Å². The zero-order valence-electron chi connectivity index (χ0n) is 18.6. The van der Waals surface area contributed by atoms with Gasteiger partial charge in [-0.3, -0.25) is 0 Å². The second kappa shape index (κ2) is 5.37. The quantitative estimate of drug-likeness (QED) is 0.345. The molecular formula is C25H38Si2. The molecule has 0 spiro atoms.